The summed E-state index contributed by atoms with van der Waals surface area (Å²) in [5.74, 6) is -0.406. The Balaban J connectivity index is 1.90. The van der Waals surface area contributed by atoms with Crippen LogP contribution in [-0.2, 0) is 11.0 Å². The molecule has 1 amide bonds. The number of amides is 1. The Hall–Kier alpha value is -2.25. The topological polar surface area (TPSA) is 41.5 Å². The molecule has 1 fully saturated rings. The van der Waals surface area contributed by atoms with Crippen molar-refractivity contribution in [2.24, 2.45) is 4.99 Å². The first-order chi connectivity index (χ1) is 12.2. The molecule has 0 aliphatic carbocycles. The van der Waals surface area contributed by atoms with Gasteiger partial charge in [0.05, 0.1) is 16.2 Å². The molecule has 2 aromatic rings. The summed E-state index contributed by atoms with van der Waals surface area (Å²) in [5, 5.41) is 2.53. The van der Waals surface area contributed by atoms with Crippen LogP contribution in [0.5, 0.6) is 0 Å². The van der Waals surface area contributed by atoms with Crippen LogP contribution in [-0.4, -0.2) is 11.1 Å². The lowest BCUT2D eigenvalue weighted by Crippen LogP contribution is -2.19. The zero-order valence-electron chi connectivity index (χ0n) is 13.4. The van der Waals surface area contributed by atoms with Crippen molar-refractivity contribution in [3.8, 4) is 0 Å². The molecule has 0 atom stereocenters. The highest BCUT2D eigenvalue weighted by Gasteiger charge is 2.34. The van der Waals surface area contributed by atoms with Gasteiger partial charge in [0, 0.05) is 5.02 Å². The molecule has 1 N–H and O–H groups in total. The molecule has 1 aliphatic heterocycles. The van der Waals surface area contributed by atoms with Crippen molar-refractivity contribution < 1.29 is 18.0 Å². The SMILES string of the molecule is Cc1ccc(C=C2SC(=Nc3ccc(Cl)cc3C(F)(F)F)NC2=O)cc1. The minimum atomic E-state index is -4.60. The third kappa shape index (κ3) is 4.28. The quantitative estimate of drug-likeness (QED) is 0.675. The number of thioether (sulfide) groups is 1. The van der Waals surface area contributed by atoms with Crippen molar-refractivity contribution in [2.45, 2.75) is 13.1 Å². The molecule has 1 heterocycles. The van der Waals surface area contributed by atoms with E-state index < -0.39 is 17.6 Å². The van der Waals surface area contributed by atoms with Gasteiger partial charge in [-0.25, -0.2) is 4.99 Å². The molecule has 3 nitrogen and oxygen atoms in total. The number of carbonyl (C=O) groups is 1. The van der Waals surface area contributed by atoms with Gasteiger partial charge in [0.15, 0.2) is 5.17 Å². The summed E-state index contributed by atoms with van der Waals surface area (Å²) in [6.07, 6.45) is -2.94. The number of hydrogen-bond acceptors (Lipinski definition) is 3. The molecule has 8 heteroatoms. The lowest BCUT2D eigenvalue weighted by molar-refractivity contribution is -0.137. The van der Waals surface area contributed by atoms with Crippen LogP contribution in [0.2, 0.25) is 5.02 Å². The third-order valence-corrected chi connectivity index (χ3v) is 4.66. The highest BCUT2D eigenvalue weighted by molar-refractivity contribution is 8.18. The number of hydrogen-bond donors (Lipinski definition) is 1. The predicted molar refractivity (Wildman–Crippen MR) is 98.4 cm³/mol. The number of alkyl halides is 3. The molecule has 0 radical (unpaired) electrons. The normalized spacial score (nSPS) is 17.8. The zero-order valence-corrected chi connectivity index (χ0v) is 15.0. The van der Waals surface area contributed by atoms with E-state index in [-0.39, 0.29) is 15.9 Å². The summed E-state index contributed by atoms with van der Waals surface area (Å²) >= 11 is 6.64. The fraction of sp³-hybridized carbons (Fsp3) is 0.111. The molecule has 26 heavy (non-hydrogen) atoms. The molecule has 0 bridgehead atoms. The Kier molecular flexibility index (Phi) is 5.11. The van der Waals surface area contributed by atoms with E-state index in [9.17, 15) is 18.0 Å². The van der Waals surface area contributed by atoms with E-state index in [2.05, 4.69) is 10.3 Å². The maximum Gasteiger partial charge on any atom is 0.418 e. The number of halogens is 4. The van der Waals surface area contributed by atoms with Crippen LogP contribution in [0.4, 0.5) is 18.9 Å². The van der Waals surface area contributed by atoms with Gasteiger partial charge in [0.2, 0.25) is 0 Å². The van der Waals surface area contributed by atoms with Crippen LogP contribution in [0.25, 0.3) is 6.08 Å². The Bertz CT molecular complexity index is 921. The van der Waals surface area contributed by atoms with Crippen LogP contribution < -0.4 is 5.32 Å². The minimum absolute atomic E-state index is 0.0376. The summed E-state index contributed by atoms with van der Waals surface area (Å²) in [5.41, 5.74) is 0.641. The first-order valence-corrected chi connectivity index (χ1v) is 8.65. The average Bonchev–Trinajstić information content (AvgIpc) is 2.90. The van der Waals surface area contributed by atoms with Crippen LogP contribution >= 0.6 is 23.4 Å². The van der Waals surface area contributed by atoms with Crippen molar-refractivity contribution in [3.05, 3.63) is 69.1 Å². The predicted octanol–water partition coefficient (Wildman–Crippen LogP) is 5.56. The number of aryl methyl sites for hydroxylation is 1. The van der Waals surface area contributed by atoms with E-state index in [0.717, 1.165) is 29.0 Å². The van der Waals surface area contributed by atoms with Gasteiger partial charge in [-0.15, -0.1) is 0 Å². The van der Waals surface area contributed by atoms with Gasteiger partial charge in [-0.2, -0.15) is 13.2 Å². The molecule has 0 unspecified atom stereocenters. The second-order valence-corrected chi connectivity index (χ2v) is 7.02. The Morgan fingerprint density at radius 3 is 2.50 bits per heavy atom. The molecule has 0 spiro atoms. The number of amidine groups is 1. The van der Waals surface area contributed by atoms with Gasteiger partial charge in [-0.1, -0.05) is 41.4 Å². The molecular formula is C18H12ClF3N2OS. The number of carbonyl (C=O) groups excluding carboxylic acids is 1. The maximum absolute atomic E-state index is 13.1. The number of aliphatic imine (C=N–C) groups is 1. The fourth-order valence-corrected chi connectivity index (χ4v) is 3.24. The minimum Gasteiger partial charge on any atom is -0.300 e. The molecule has 1 aliphatic rings. The van der Waals surface area contributed by atoms with Gasteiger partial charge in [0.1, 0.15) is 0 Å². The van der Waals surface area contributed by atoms with E-state index in [1.54, 1.807) is 6.08 Å². The van der Waals surface area contributed by atoms with Gasteiger partial charge in [0.25, 0.3) is 5.91 Å². The monoisotopic (exact) mass is 396 g/mol. The standard InChI is InChI=1S/C18H12ClF3N2OS/c1-10-2-4-11(5-3-10)8-15-16(25)24-17(26-15)23-14-7-6-12(19)9-13(14)18(20,21)22/h2-9H,1H3,(H,23,24,25). The largest absolute Gasteiger partial charge is 0.418 e. The van der Waals surface area contributed by atoms with E-state index in [0.29, 0.717) is 4.91 Å². The summed E-state index contributed by atoms with van der Waals surface area (Å²) < 4.78 is 39.4. The van der Waals surface area contributed by atoms with Gasteiger partial charge >= 0.3 is 6.18 Å². The lowest BCUT2D eigenvalue weighted by Gasteiger charge is -2.10. The summed E-state index contributed by atoms with van der Waals surface area (Å²) in [6, 6.07) is 10.8. The Labute approximate surface area is 157 Å². The van der Waals surface area contributed by atoms with E-state index >= 15 is 0 Å². The van der Waals surface area contributed by atoms with Gasteiger partial charge in [-0.3, -0.25) is 4.79 Å². The van der Waals surface area contributed by atoms with Crippen LogP contribution in [0.1, 0.15) is 16.7 Å². The van der Waals surface area contributed by atoms with E-state index in [4.69, 9.17) is 11.6 Å². The first-order valence-electron chi connectivity index (χ1n) is 7.45. The van der Waals surface area contributed by atoms with E-state index in [1.807, 2.05) is 31.2 Å². The Morgan fingerprint density at radius 1 is 1.15 bits per heavy atom. The molecule has 1 saturated heterocycles. The molecular weight excluding hydrogens is 385 g/mol. The molecule has 0 aromatic heterocycles. The van der Waals surface area contributed by atoms with Gasteiger partial charge in [-0.05, 0) is 48.5 Å². The second-order valence-electron chi connectivity index (χ2n) is 5.55. The maximum atomic E-state index is 13.1. The second kappa shape index (κ2) is 7.17. The first kappa shape index (κ1) is 18.5. The molecule has 3 rings (SSSR count). The highest BCUT2D eigenvalue weighted by Crippen LogP contribution is 2.39. The van der Waals surface area contributed by atoms with Gasteiger partial charge < -0.3 is 5.32 Å². The fourth-order valence-electron chi connectivity index (χ4n) is 2.24. The number of nitrogens with zero attached hydrogens (tertiary/aromatic N) is 1. The van der Waals surface area contributed by atoms with Crippen LogP contribution in [0.3, 0.4) is 0 Å². The number of benzene rings is 2. The Morgan fingerprint density at radius 2 is 1.85 bits per heavy atom. The van der Waals surface area contributed by atoms with Crippen LogP contribution in [0.15, 0.2) is 52.4 Å². The van der Waals surface area contributed by atoms with Crippen molar-refractivity contribution >= 4 is 46.2 Å². The number of rotatable bonds is 2. The zero-order chi connectivity index (χ0) is 18.9. The van der Waals surface area contributed by atoms with Crippen molar-refractivity contribution in [1.82, 2.24) is 5.32 Å². The smallest absolute Gasteiger partial charge is 0.300 e. The average molecular weight is 397 g/mol. The highest BCUT2D eigenvalue weighted by atomic mass is 35.5. The molecule has 2 aromatic carbocycles. The molecule has 0 saturated carbocycles. The third-order valence-electron chi connectivity index (χ3n) is 3.51. The lowest BCUT2D eigenvalue weighted by atomic mass is 10.1. The van der Waals surface area contributed by atoms with Crippen molar-refractivity contribution in [3.63, 3.8) is 0 Å². The van der Waals surface area contributed by atoms with Crippen LogP contribution in [0, 0.1) is 6.92 Å². The summed E-state index contributed by atoms with van der Waals surface area (Å²) in [7, 11) is 0. The van der Waals surface area contributed by atoms with Crippen molar-refractivity contribution in [1.29, 1.82) is 0 Å². The number of nitrogens with one attached hydrogen (secondary N) is 1. The summed E-state index contributed by atoms with van der Waals surface area (Å²) in [4.78, 5) is 16.4. The van der Waals surface area contributed by atoms with Crippen molar-refractivity contribution in [2.75, 3.05) is 0 Å². The molecule has 134 valence electrons. The summed E-state index contributed by atoms with van der Waals surface area (Å²) in [6.45, 7) is 1.95. The van der Waals surface area contributed by atoms with E-state index in [1.165, 1.54) is 12.1 Å².